The fourth-order valence-electron chi connectivity index (χ4n) is 4.01. The Balaban J connectivity index is 1.53. The molecule has 3 N–H and O–H groups in total. The molecular weight excluding hydrogens is 406 g/mol. The van der Waals surface area contributed by atoms with Crippen LogP contribution in [-0.4, -0.2) is 25.3 Å². The number of hydrogen-bond donors (Lipinski definition) is 2. The Kier molecular flexibility index (Phi) is 4.10. The van der Waals surface area contributed by atoms with E-state index in [0.29, 0.717) is 18.5 Å². The molecule has 1 unspecified atom stereocenters. The number of nitrogens with zero attached hydrogens (tertiary/aromatic N) is 5. The normalized spacial score (nSPS) is 15.5. The minimum Gasteiger partial charge on any atom is -0.370 e. The Labute approximate surface area is 182 Å². The standard InChI is InChI=1S/C23H19N7S/c24-22-26-21(30-18-10-5-4-9-17(18)25-23(30)27-22)16-14-29(13-15-7-2-1-3-8-15)28-20(16)19-11-6-12-31-19/h1-12,14,21H,13H2,(H3,24,25,26,27). The molecule has 31 heavy (non-hydrogen) atoms. The number of hydrogen-bond acceptors (Lipinski definition) is 6. The Hall–Kier alpha value is -3.91. The maximum atomic E-state index is 6.16. The van der Waals surface area contributed by atoms with Gasteiger partial charge in [-0.25, -0.2) is 9.98 Å². The molecule has 7 nitrogen and oxygen atoms in total. The number of benzene rings is 2. The molecule has 4 heterocycles. The molecule has 3 aromatic heterocycles. The number of nitrogens with two attached hydrogens (primary N) is 1. The third-order valence-corrected chi connectivity index (χ3v) is 6.23. The lowest BCUT2D eigenvalue weighted by molar-refractivity contribution is 0.623. The number of fused-ring (bicyclic) bond motifs is 3. The maximum absolute atomic E-state index is 6.16. The first-order valence-electron chi connectivity index (χ1n) is 9.99. The summed E-state index contributed by atoms with van der Waals surface area (Å²) >= 11 is 1.67. The number of rotatable bonds is 4. The van der Waals surface area contributed by atoms with Gasteiger partial charge < -0.3 is 5.73 Å². The van der Waals surface area contributed by atoms with Gasteiger partial charge in [0.05, 0.1) is 22.5 Å². The van der Waals surface area contributed by atoms with E-state index in [-0.39, 0.29) is 6.17 Å². The number of aliphatic imine (C=N–C) groups is 1. The van der Waals surface area contributed by atoms with Crippen LogP contribution in [0, 0.1) is 0 Å². The van der Waals surface area contributed by atoms with Gasteiger partial charge in [-0.1, -0.05) is 48.5 Å². The highest BCUT2D eigenvalue weighted by atomic mass is 32.1. The van der Waals surface area contributed by atoms with Gasteiger partial charge in [-0.15, -0.1) is 11.3 Å². The van der Waals surface area contributed by atoms with Gasteiger partial charge in [0.15, 0.2) is 12.1 Å². The summed E-state index contributed by atoms with van der Waals surface area (Å²) in [5.41, 5.74) is 11.2. The summed E-state index contributed by atoms with van der Waals surface area (Å²) in [4.78, 5) is 10.6. The van der Waals surface area contributed by atoms with Gasteiger partial charge in [0, 0.05) is 11.8 Å². The van der Waals surface area contributed by atoms with Crippen LogP contribution < -0.4 is 11.1 Å². The molecule has 0 amide bonds. The van der Waals surface area contributed by atoms with E-state index in [2.05, 4.69) is 45.7 Å². The lowest BCUT2D eigenvalue weighted by Crippen LogP contribution is -2.31. The monoisotopic (exact) mass is 425 g/mol. The molecule has 0 radical (unpaired) electrons. The number of imidazole rings is 1. The van der Waals surface area contributed by atoms with E-state index < -0.39 is 0 Å². The van der Waals surface area contributed by atoms with Gasteiger partial charge in [0.2, 0.25) is 5.95 Å². The second-order valence-electron chi connectivity index (χ2n) is 7.40. The van der Waals surface area contributed by atoms with Crippen molar-refractivity contribution in [3.05, 3.63) is 89.4 Å². The molecule has 0 saturated carbocycles. The molecule has 0 saturated heterocycles. The third-order valence-electron chi connectivity index (χ3n) is 5.35. The van der Waals surface area contributed by atoms with Gasteiger partial charge in [0.1, 0.15) is 5.69 Å². The van der Waals surface area contributed by atoms with E-state index in [1.54, 1.807) is 11.3 Å². The molecule has 6 rings (SSSR count). The second-order valence-corrected chi connectivity index (χ2v) is 8.35. The second kappa shape index (κ2) is 7.10. The molecule has 2 aromatic carbocycles. The summed E-state index contributed by atoms with van der Waals surface area (Å²) in [6.45, 7) is 0.681. The zero-order chi connectivity index (χ0) is 20.8. The van der Waals surface area contributed by atoms with Crippen molar-refractivity contribution in [3.8, 4) is 10.6 Å². The van der Waals surface area contributed by atoms with Crippen molar-refractivity contribution in [1.29, 1.82) is 0 Å². The predicted octanol–water partition coefficient (Wildman–Crippen LogP) is 4.30. The summed E-state index contributed by atoms with van der Waals surface area (Å²) in [5.74, 6) is 1.03. The molecule has 0 spiro atoms. The van der Waals surface area contributed by atoms with Crippen molar-refractivity contribution < 1.29 is 0 Å². The number of anilines is 1. The predicted molar refractivity (Wildman–Crippen MR) is 124 cm³/mol. The minimum atomic E-state index is -0.356. The molecule has 0 bridgehead atoms. The van der Waals surface area contributed by atoms with Gasteiger partial charge >= 0.3 is 0 Å². The van der Waals surface area contributed by atoms with Crippen molar-refractivity contribution in [2.24, 2.45) is 10.7 Å². The van der Waals surface area contributed by atoms with Crippen molar-refractivity contribution in [1.82, 2.24) is 19.3 Å². The summed E-state index contributed by atoms with van der Waals surface area (Å²) in [7, 11) is 0. The molecule has 0 aliphatic carbocycles. The number of aromatic nitrogens is 4. The van der Waals surface area contributed by atoms with Crippen molar-refractivity contribution in [2.75, 3.05) is 5.32 Å². The Morgan fingerprint density at radius 3 is 2.68 bits per heavy atom. The molecular formula is C23H19N7S. The van der Waals surface area contributed by atoms with E-state index in [1.165, 1.54) is 5.56 Å². The van der Waals surface area contributed by atoms with Crippen LogP contribution >= 0.6 is 11.3 Å². The van der Waals surface area contributed by atoms with Gasteiger partial charge in [-0.2, -0.15) is 5.10 Å². The van der Waals surface area contributed by atoms with E-state index in [4.69, 9.17) is 20.8 Å². The van der Waals surface area contributed by atoms with Crippen LogP contribution in [0.2, 0.25) is 0 Å². The Morgan fingerprint density at radius 1 is 1.00 bits per heavy atom. The van der Waals surface area contributed by atoms with Crippen LogP contribution in [0.15, 0.2) is 83.3 Å². The minimum absolute atomic E-state index is 0.348. The van der Waals surface area contributed by atoms with Crippen LogP contribution in [0.1, 0.15) is 17.3 Å². The van der Waals surface area contributed by atoms with E-state index in [1.807, 2.05) is 47.1 Å². The van der Waals surface area contributed by atoms with Crippen molar-refractivity contribution >= 4 is 34.3 Å². The topological polar surface area (TPSA) is 86.0 Å². The highest BCUT2D eigenvalue weighted by molar-refractivity contribution is 7.13. The smallest absolute Gasteiger partial charge is 0.212 e. The SMILES string of the molecule is NC1=NC(c2cn(Cc3ccccc3)nc2-c2cccs2)n2c(nc3ccccc32)N1. The van der Waals surface area contributed by atoms with Crippen LogP contribution in [0.3, 0.4) is 0 Å². The number of para-hydroxylation sites is 2. The van der Waals surface area contributed by atoms with Crippen LogP contribution in [0.4, 0.5) is 5.95 Å². The molecule has 1 aliphatic rings. The fraction of sp³-hybridized carbons (Fsp3) is 0.0870. The van der Waals surface area contributed by atoms with E-state index in [0.717, 1.165) is 27.2 Å². The first-order valence-corrected chi connectivity index (χ1v) is 10.9. The molecule has 152 valence electrons. The summed E-state index contributed by atoms with van der Waals surface area (Å²) < 4.78 is 4.07. The van der Waals surface area contributed by atoms with Gasteiger partial charge in [-0.3, -0.25) is 14.6 Å². The van der Waals surface area contributed by atoms with Crippen molar-refractivity contribution in [2.45, 2.75) is 12.7 Å². The molecule has 1 aliphatic heterocycles. The molecule has 1 atom stereocenters. The summed E-state index contributed by atoms with van der Waals surface area (Å²) in [6, 6.07) is 22.5. The Bertz CT molecular complexity index is 1400. The molecule has 5 aromatic rings. The quantitative estimate of drug-likeness (QED) is 0.450. The lowest BCUT2D eigenvalue weighted by Gasteiger charge is -2.23. The maximum Gasteiger partial charge on any atom is 0.212 e. The van der Waals surface area contributed by atoms with Crippen molar-refractivity contribution in [3.63, 3.8) is 0 Å². The van der Waals surface area contributed by atoms with Crippen LogP contribution in [0.25, 0.3) is 21.6 Å². The number of nitrogens with one attached hydrogen (secondary N) is 1. The number of thiophene rings is 1. The molecule has 8 heteroatoms. The zero-order valence-electron chi connectivity index (χ0n) is 16.5. The van der Waals surface area contributed by atoms with Gasteiger partial charge in [-0.05, 0) is 29.1 Å². The zero-order valence-corrected chi connectivity index (χ0v) is 17.3. The largest absolute Gasteiger partial charge is 0.370 e. The number of guanidine groups is 1. The average molecular weight is 426 g/mol. The van der Waals surface area contributed by atoms with E-state index >= 15 is 0 Å². The summed E-state index contributed by atoms with van der Waals surface area (Å²) in [5, 5.41) is 10.1. The third kappa shape index (κ3) is 3.08. The fourth-order valence-corrected chi connectivity index (χ4v) is 4.74. The average Bonchev–Trinajstić information content (AvgIpc) is 3.52. The van der Waals surface area contributed by atoms with Gasteiger partial charge in [0.25, 0.3) is 0 Å². The summed E-state index contributed by atoms with van der Waals surface area (Å²) in [6.07, 6.45) is 1.72. The Morgan fingerprint density at radius 2 is 1.84 bits per heavy atom. The highest BCUT2D eigenvalue weighted by Crippen LogP contribution is 2.37. The van der Waals surface area contributed by atoms with Crippen LogP contribution in [0.5, 0.6) is 0 Å². The lowest BCUT2D eigenvalue weighted by atomic mass is 10.1. The molecule has 0 fully saturated rings. The highest BCUT2D eigenvalue weighted by Gasteiger charge is 2.29. The van der Waals surface area contributed by atoms with E-state index in [9.17, 15) is 0 Å². The van der Waals surface area contributed by atoms with Crippen LogP contribution in [-0.2, 0) is 6.54 Å². The first-order chi connectivity index (χ1) is 15.3. The first kappa shape index (κ1) is 17.9.